The van der Waals surface area contributed by atoms with E-state index in [9.17, 15) is 4.79 Å². The molecule has 1 aliphatic rings. The molecule has 1 aromatic heterocycles. The van der Waals surface area contributed by atoms with E-state index >= 15 is 0 Å². The van der Waals surface area contributed by atoms with Crippen LogP contribution in [0.5, 0.6) is 0 Å². The minimum absolute atomic E-state index is 0.209. The van der Waals surface area contributed by atoms with E-state index in [2.05, 4.69) is 5.16 Å². The maximum atomic E-state index is 10.5. The third-order valence-electron chi connectivity index (χ3n) is 2.36. The number of hydrogen-bond acceptors (Lipinski definition) is 4. The van der Waals surface area contributed by atoms with Gasteiger partial charge >= 0.3 is 5.97 Å². The summed E-state index contributed by atoms with van der Waals surface area (Å²) in [5.41, 5.74) is 0.857. The van der Waals surface area contributed by atoms with Crippen molar-refractivity contribution in [3.05, 3.63) is 17.5 Å². The van der Waals surface area contributed by atoms with Crippen LogP contribution in [0.1, 0.15) is 11.5 Å². The second-order valence-corrected chi connectivity index (χ2v) is 3.66. The quantitative estimate of drug-likeness (QED) is 0.762. The predicted molar refractivity (Wildman–Crippen MR) is 47.6 cm³/mol. The molecule has 5 nitrogen and oxygen atoms in total. The lowest BCUT2D eigenvalue weighted by Crippen LogP contribution is -2.49. The molecular formula is C9H12N2O3. The van der Waals surface area contributed by atoms with E-state index in [1.54, 1.807) is 0 Å². The molecule has 1 aromatic rings. The molecule has 0 radical (unpaired) electrons. The first-order valence-corrected chi connectivity index (χ1v) is 4.52. The topological polar surface area (TPSA) is 66.6 Å². The zero-order valence-electron chi connectivity index (χ0n) is 7.93. The molecule has 76 valence electrons. The van der Waals surface area contributed by atoms with Crippen molar-refractivity contribution in [2.24, 2.45) is 5.92 Å². The third kappa shape index (κ3) is 1.77. The smallest absolute Gasteiger partial charge is 0.309 e. The summed E-state index contributed by atoms with van der Waals surface area (Å²) >= 11 is 0. The molecule has 0 atom stereocenters. The fraction of sp³-hybridized carbons (Fsp3) is 0.556. The summed E-state index contributed by atoms with van der Waals surface area (Å²) in [5, 5.41) is 12.4. The van der Waals surface area contributed by atoms with Crippen molar-refractivity contribution in [3.63, 3.8) is 0 Å². The molecule has 1 N–H and O–H groups in total. The highest BCUT2D eigenvalue weighted by Gasteiger charge is 2.32. The average molecular weight is 196 g/mol. The summed E-state index contributed by atoms with van der Waals surface area (Å²) in [5.74, 6) is -0.125. The second kappa shape index (κ2) is 3.42. The van der Waals surface area contributed by atoms with Gasteiger partial charge in [-0.2, -0.15) is 0 Å². The molecule has 2 rings (SSSR count). The molecule has 0 unspecified atom stereocenters. The zero-order valence-corrected chi connectivity index (χ0v) is 7.93. The largest absolute Gasteiger partial charge is 0.481 e. The van der Waals surface area contributed by atoms with Gasteiger partial charge in [-0.25, -0.2) is 0 Å². The molecule has 1 fully saturated rings. The number of hydrogen-bond donors (Lipinski definition) is 1. The van der Waals surface area contributed by atoms with E-state index in [-0.39, 0.29) is 5.92 Å². The lowest BCUT2D eigenvalue weighted by Gasteiger charge is -2.35. The number of nitrogens with zero attached hydrogens (tertiary/aromatic N) is 2. The molecule has 5 heteroatoms. The number of aromatic nitrogens is 1. The van der Waals surface area contributed by atoms with Crippen LogP contribution in [-0.4, -0.2) is 34.2 Å². The van der Waals surface area contributed by atoms with Gasteiger partial charge in [-0.1, -0.05) is 5.16 Å². The van der Waals surface area contributed by atoms with Gasteiger partial charge in [-0.3, -0.25) is 9.69 Å². The van der Waals surface area contributed by atoms with Crippen LogP contribution in [-0.2, 0) is 11.3 Å². The summed E-state index contributed by atoms with van der Waals surface area (Å²) in [4.78, 5) is 12.5. The minimum atomic E-state index is -0.713. The Labute approximate surface area is 81.3 Å². The monoisotopic (exact) mass is 196 g/mol. The first-order chi connectivity index (χ1) is 6.65. The van der Waals surface area contributed by atoms with Gasteiger partial charge in [0.1, 0.15) is 0 Å². The normalized spacial score (nSPS) is 18.1. The number of carbonyl (C=O) groups is 1. The number of aryl methyl sites for hydroxylation is 1. The van der Waals surface area contributed by atoms with Crippen LogP contribution in [0.3, 0.4) is 0 Å². The Kier molecular flexibility index (Phi) is 2.25. The summed E-state index contributed by atoms with van der Waals surface area (Å²) in [6.45, 7) is 3.73. The van der Waals surface area contributed by atoms with Gasteiger partial charge < -0.3 is 9.63 Å². The van der Waals surface area contributed by atoms with Gasteiger partial charge in [0.05, 0.1) is 18.2 Å². The zero-order chi connectivity index (χ0) is 10.1. The maximum Gasteiger partial charge on any atom is 0.309 e. The van der Waals surface area contributed by atoms with Crippen molar-refractivity contribution in [2.75, 3.05) is 13.1 Å². The van der Waals surface area contributed by atoms with Crippen LogP contribution >= 0.6 is 0 Å². The molecule has 0 aliphatic carbocycles. The van der Waals surface area contributed by atoms with Crippen LogP contribution < -0.4 is 0 Å². The lowest BCUT2D eigenvalue weighted by atomic mass is 10.0. The first-order valence-electron chi connectivity index (χ1n) is 4.52. The highest BCUT2D eigenvalue weighted by molar-refractivity contribution is 5.71. The van der Waals surface area contributed by atoms with Gasteiger partial charge in [-0.15, -0.1) is 0 Å². The molecule has 0 bridgehead atoms. The number of rotatable bonds is 3. The van der Waals surface area contributed by atoms with Gasteiger partial charge in [0.25, 0.3) is 0 Å². The van der Waals surface area contributed by atoms with Crippen molar-refractivity contribution >= 4 is 5.97 Å². The lowest BCUT2D eigenvalue weighted by molar-refractivity contribution is -0.147. The van der Waals surface area contributed by atoms with E-state index < -0.39 is 5.97 Å². The number of likely N-dealkylation sites (tertiary alicyclic amines) is 1. The Morgan fingerprint density at radius 3 is 3.00 bits per heavy atom. The molecule has 0 amide bonds. The SMILES string of the molecule is Cc1cc(CN2CC(C(=O)O)C2)on1. The molecule has 2 heterocycles. The molecule has 14 heavy (non-hydrogen) atoms. The Balaban J connectivity index is 1.82. The molecule has 1 saturated heterocycles. The molecule has 0 aromatic carbocycles. The molecule has 0 saturated carbocycles. The summed E-state index contributed by atoms with van der Waals surface area (Å²) < 4.78 is 5.03. The maximum absolute atomic E-state index is 10.5. The fourth-order valence-electron chi connectivity index (χ4n) is 1.57. The first kappa shape index (κ1) is 9.21. The minimum Gasteiger partial charge on any atom is -0.481 e. The van der Waals surface area contributed by atoms with E-state index in [0.29, 0.717) is 19.6 Å². The molecular weight excluding hydrogens is 184 g/mol. The van der Waals surface area contributed by atoms with Gasteiger partial charge in [0.15, 0.2) is 5.76 Å². The number of carboxylic acids is 1. The Bertz CT molecular complexity index is 342. The highest BCUT2D eigenvalue weighted by Crippen LogP contribution is 2.18. The number of carboxylic acid groups (broad SMARTS) is 1. The third-order valence-corrected chi connectivity index (χ3v) is 2.36. The van der Waals surface area contributed by atoms with Crippen molar-refractivity contribution in [1.29, 1.82) is 0 Å². The number of aliphatic carboxylic acids is 1. The van der Waals surface area contributed by atoms with Gasteiger partial charge in [-0.05, 0) is 6.92 Å². The van der Waals surface area contributed by atoms with E-state index in [1.807, 2.05) is 17.9 Å². The highest BCUT2D eigenvalue weighted by atomic mass is 16.5. The molecule has 0 spiro atoms. The van der Waals surface area contributed by atoms with Crippen LogP contribution in [0.15, 0.2) is 10.6 Å². The second-order valence-electron chi connectivity index (χ2n) is 3.66. The Morgan fingerprint density at radius 1 is 1.79 bits per heavy atom. The van der Waals surface area contributed by atoms with Crippen molar-refractivity contribution in [3.8, 4) is 0 Å². The van der Waals surface area contributed by atoms with Crippen LogP contribution in [0, 0.1) is 12.8 Å². The summed E-state index contributed by atoms with van der Waals surface area (Å²) in [6, 6.07) is 1.87. The van der Waals surface area contributed by atoms with Crippen LogP contribution in [0.2, 0.25) is 0 Å². The van der Waals surface area contributed by atoms with Crippen LogP contribution in [0.25, 0.3) is 0 Å². The van der Waals surface area contributed by atoms with Crippen molar-refractivity contribution in [2.45, 2.75) is 13.5 Å². The van der Waals surface area contributed by atoms with Crippen molar-refractivity contribution < 1.29 is 14.4 Å². The Morgan fingerprint density at radius 2 is 2.50 bits per heavy atom. The van der Waals surface area contributed by atoms with E-state index in [1.165, 1.54) is 0 Å². The predicted octanol–water partition coefficient (Wildman–Crippen LogP) is 0.499. The fourth-order valence-corrected chi connectivity index (χ4v) is 1.57. The summed E-state index contributed by atoms with van der Waals surface area (Å²) in [7, 11) is 0. The van der Waals surface area contributed by atoms with E-state index in [0.717, 1.165) is 11.5 Å². The standard InChI is InChI=1S/C9H12N2O3/c1-6-2-8(14-10-6)5-11-3-7(4-11)9(12)13/h2,7H,3-5H2,1H3,(H,12,13). The molecule has 1 aliphatic heterocycles. The average Bonchev–Trinajstić information content (AvgIpc) is 2.42. The van der Waals surface area contributed by atoms with Gasteiger partial charge in [0.2, 0.25) is 0 Å². The van der Waals surface area contributed by atoms with Gasteiger partial charge in [0, 0.05) is 19.2 Å². The Hall–Kier alpha value is -1.36. The van der Waals surface area contributed by atoms with Crippen LogP contribution in [0.4, 0.5) is 0 Å². The van der Waals surface area contributed by atoms with E-state index in [4.69, 9.17) is 9.63 Å². The summed E-state index contributed by atoms with van der Waals surface area (Å²) in [6.07, 6.45) is 0. The van der Waals surface area contributed by atoms with Crippen molar-refractivity contribution in [1.82, 2.24) is 10.1 Å².